The minimum atomic E-state index is -3.57. The van der Waals surface area contributed by atoms with E-state index in [2.05, 4.69) is 30.0 Å². The quantitative estimate of drug-likeness (QED) is 0.528. The van der Waals surface area contributed by atoms with Crippen molar-refractivity contribution in [3.05, 3.63) is 34.7 Å². The zero-order chi connectivity index (χ0) is 21.0. The van der Waals surface area contributed by atoms with Gasteiger partial charge in [-0.05, 0) is 26.0 Å². The van der Waals surface area contributed by atoms with Gasteiger partial charge < -0.3 is 14.5 Å². The first kappa shape index (κ1) is 20.3. The van der Waals surface area contributed by atoms with E-state index < -0.39 is 15.6 Å². The summed E-state index contributed by atoms with van der Waals surface area (Å²) in [5, 5.41) is 12.2. The zero-order valence-corrected chi connectivity index (χ0v) is 16.7. The van der Waals surface area contributed by atoms with Gasteiger partial charge in [-0.25, -0.2) is 13.4 Å². The van der Waals surface area contributed by atoms with Crippen molar-refractivity contribution in [2.45, 2.75) is 13.8 Å². The summed E-state index contributed by atoms with van der Waals surface area (Å²) in [4.78, 5) is 19.1. The molecule has 12 nitrogen and oxygen atoms in total. The number of hydrogen-bond donors (Lipinski definition) is 2. The first-order chi connectivity index (χ1) is 13.8. The minimum absolute atomic E-state index is 0.0214. The Morgan fingerprint density at radius 1 is 1.24 bits per heavy atom. The molecule has 13 heteroatoms. The van der Waals surface area contributed by atoms with Crippen molar-refractivity contribution in [2.24, 2.45) is 10.2 Å². The average molecular weight is 421 g/mol. The Balaban J connectivity index is 2.09. The third-order valence-electron chi connectivity index (χ3n) is 3.44. The highest BCUT2D eigenvalue weighted by molar-refractivity contribution is 7.92. The number of nitrogens with one attached hydrogen (secondary N) is 2. The number of hydrogen-bond acceptors (Lipinski definition) is 9. The molecule has 0 bridgehead atoms. The third kappa shape index (κ3) is 4.68. The van der Waals surface area contributed by atoms with Crippen LogP contribution in [0.1, 0.15) is 13.8 Å². The molecule has 29 heavy (non-hydrogen) atoms. The van der Waals surface area contributed by atoms with Gasteiger partial charge in [0.25, 0.3) is 11.4 Å². The lowest BCUT2D eigenvalue weighted by Gasteiger charge is -2.08. The van der Waals surface area contributed by atoms with Crippen LogP contribution in [-0.4, -0.2) is 47.5 Å². The standard InChI is InChI=1S/C16H19N7O5S/c1-4-27-12-9-11-18-15(24)13(16(28-5-2)23(11)21-12)20-19-10-7-6-8-17-14(10)22-29(3,25)26/h6-9H,4-5H2,1-3H3,(H,17,22)(H,18,24). The Morgan fingerprint density at radius 2 is 2.00 bits per heavy atom. The molecule has 0 saturated carbocycles. The van der Waals surface area contributed by atoms with Gasteiger partial charge in [0.2, 0.25) is 21.6 Å². The van der Waals surface area contributed by atoms with Crippen LogP contribution in [0.2, 0.25) is 0 Å². The molecule has 0 radical (unpaired) electrons. The van der Waals surface area contributed by atoms with E-state index in [4.69, 9.17) is 9.47 Å². The van der Waals surface area contributed by atoms with Crippen LogP contribution in [0.25, 0.3) is 5.65 Å². The summed E-state index contributed by atoms with van der Waals surface area (Å²) in [5.41, 5.74) is -0.217. The van der Waals surface area contributed by atoms with Crippen molar-refractivity contribution >= 4 is 32.9 Å². The van der Waals surface area contributed by atoms with Crippen LogP contribution in [0.5, 0.6) is 11.8 Å². The summed E-state index contributed by atoms with van der Waals surface area (Å²) in [5.74, 6) is 0.361. The Morgan fingerprint density at radius 3 is 2.69 bits per heavy atom. The molecule has 154 valence electrons. The predicted molar refractivity (Wildman–Crippen MR) is 105 cm³/mol. The Hall–Kier alpha value is -3.48. The van der Waals surface area contributed by atoms with E-state index >= 15 is 0 Å². The van der Waals surface area contributed by atoms with Crippen LogP contribution in [0.15, 0.2) is 39.4 Å². The fourth-order valence-corrected chi connectivity index (χ4v) is 2.89. The number of aromatic amines is 1. The summed E-state index contributed by atoms with van der Waals surface area (Å²) in [6.45, 7) is 4.21. The van der Waals surface area contributed by atoms with Gasteiger partial charge in [-0.3, -0.25) is 9.52 Å². The van der Waals surface area contributed by atoms with Crippen molar-refractivity contribution in [1.29, 1.82) is 0 Å². The van der Waals surface area contributed by atoms with E-state index in [1.807, 2.05) is 6.92 Å². The number of pyridine rings is 1. The topological polar surface area (TPSA) is 152 Å². The van der Waals surface area contributed by atoms with Crippen molar-refractivity contribution in [2.75, 3.05) is 24.2 Å². The molecule has 0 amide bonds. The van der Waals surface area contributed by atoms with Gasteiger partial charge >= 0.3 is 0 Å². The molecule has 0 aliphatic carbocycles. The molecule has 3 rings (SSSR count). The number of aromatic nitrogens is 4. The van der Waals surface area contributed by atoms with Crippen LogP contribution in [0, 0.1) is 0 Å². The summed E-state index contributed by atoms with van der Waals surface area (Å²) in [7, 11) is -3.57. The van der Waals surface area contributed by atoms with Crippen LogP contribution in [0.3, 0.4) is 0 Å². The molecular weight excluding hydrogens is 402 g/mol. The largest absolute Gasteiger partial charge is 0.477 e. The van der Waals surface area contributed by atoms with Gasteiger partial charge in [-0.15, -0.1) is 15.3 Å². The molecule has 3 aromatic heterocycles. The zero-order valence-electron chi connectivity index (χ0n) is 15.9. The molecular formula is C16H19N7O5S. The second-order valence-corrected chi connectivity index (χ2v) is 7.45. The van der Waals surface area contributed by atoms with E-state index in [0.717, 1.165) is 6.26 Å². The number of fused-ring (bicyclic) bond motifs is 1. The van der Waals surface area contributed by atoms with Crippen molar-refractivity contribution in [3.8, 4) is 11.8 Å². The lowest BCUT2D eigenvalue weighted by molar-refractivity contribution is 0.306. The lowest BCUT2D eigenvalue weighted by Crippen LogP contribution is -2.12. The average Bonchev–Trinajstić information content (AvgIpc) is 3.04. The summed E-state index contributed by atoms with van der Waals surface area (Å²) < 4.78 is 37.5. The molecule has 0 unspecified atom stereocenters. The number of sulfonamides is 1. The highest BCUT2D eigenvalue weighted by Crippen LogP contribution is 2.29. The van der Waals surface area contributed by atoms with E-state index in [0.29, 0.717) is 18.1 Å². The molecule has 2 N–H and O–H groups in total. The third-order valence-corrected chi connectivity index (χ3v) is 4.00. The molecule has 0 spiro atoms. The smallest absolute Gasteiger partial charge is 0.283 e. The minimum Gasteiger partial charge on any atom is -0.477 e. The second-order valence-electron chi connectivity index (χ2n) is 5.70. The van der Waals surface area contributed by atoms with Crippen LogP contribution < -0.4 is 19.8 Å². The summed E-state index contributed by atoms with van der Waals surface area (Å²) in [6, 6.07) is 4.61. The molecule has 0 fully saturated rings. The van der Waals surface area contributed by atoms with Gasteiger partial charge in [0.05, 0.1) is 19.5 Å². The molecule has 3 heterocycles. The number of azo groups is 1. The van der Waals surface area contributed by atoms with Gasteiger partial charge in [-0.1, -0.05) is 0 Å². The van der Waals surface area contributed by atoms with Crippen molar-refractivity contribution in [1.82, 2.24) is 19.6 Å². The number of nitrogens with zero attached hydrogens (tertiary/aromatic N) is 5. The molecule has 0 aromatic carbocycles. The first-order valence-electron chi connectivity index (χ1n) is 8.58. The van der Waals surface area contributed by atoms with Crippen molar-refractivity contribution in [3.63, 3.8) is 0 Å². The summed E-state index contributed by atoms with van der Waals surface area (Å²) >= 11 is 0. The normalized spacial score (nSPS) is 11.8. The van der Waals surface area contributed by atoms with E-state index in [9.17, 15) is 13.2 Å². The first-order valence-corrected chi connectivity index (χ1v) is 10.5. The molecule has 0 aliphatic rings. The molecule has 0 saturated heterocycles. The maximum absolute atomic E-state index is 12.5. The Bertz CT molecular complexity index is 1220. The Labute approximate surface area is 165 Å². The van der Waals surface area contributed by atoms with E-state index in [1.54, 1.807) is 19.1 Å². The molecule has 0 aliphatic heterocycles. The lowest BCUT2D eigenvalue weighted by atomic mass is 10.4. The van der Waals surface area contributed by atoms with Crippen molar-refractivity contribution < 1.29 is 17.9 Å². The summed E-state index contributed by atoms with van der Waals surface area (Å²) in [6.07, 6.45) is 2.39. The second kappa shape index (κ2) is 8.26. The maximum Gasteiger partial charge on any atom is 0.283 e. The monoisotopic (exact) mass is 421 g/mol. The number of ether oxygens (including phenoxy) is 2. The highest BCUT2D eigenvalue weighted by Gasteiger charge is 2.17. The maximum atomic E-state index is 12.5. The molecule has 0 atom stereocenters. The number of anilines is 1. The van der Waals surface area contributed by atoms with E-state index in [-0.39, 0.29) is 29.7 Å². The van der Waals surface area contributed by atoms with Gasteiger partial charge in [0, 0.05) is 12.3 Å². The number of rotatable bonds is 8. The Kier molecular flexibility index (Phi) is 5.77. The number of H-pyrrole nitrogens is 1. The van der Waals surface area contributed by atoms with Gasteiger partial charge in [-0.2, -0.15) is 4.52 Å². The van der Waals surface area contributed by atoms with Crippen LogP contribution >= 0.6 is 0 Å². The predicted octanol–water partition coefficient (Wildman–Crippen LogP) is 2.00. The van der Waals surface area contributed by atoms with Gasteiger partial charge in [0.15, 0.2) is 5.82 Å². The highest BCUT2D eigenvalue weighted by atomic mass is 32.2. The fourth-order valence-electron chi connectivity index (χ4n) is 2.38. The SMILES string of the molecule is CCOc1cc2[nH]c(=O)c(N=Nc3cccnc3NS(C)(=O)=O)c(OCC)n2n1. The fraction of sp³-hybridized carbons (Fsp3) is 0.312. The van der Waals surface area contributed by atoms with E-state index in [1.165, 1.54) is 16.8 Å². The molecule has 3 aromatic rings. The van der Waals surface area contributed by atoms with Crippen LogP contribution in [0.4, 0.5) is 17.2 Å². The van der Waals surface area contributed by atoms with Crippen LogP contribution in [-0.2, 0) is 10.0 Å². The van der Waals surface area contributed by atoms with Gasteiger partial charge in [0.1, 0.15) is 11.3 Å².